The van der Waals surface area contributed by atoms with Crippen LogP contribution in [0.1, 0.15) is 77.0 Å². The zero-order chi connectivity index (χ0) is 16.2. The summed E-state index contributed by atoms with van der Waals surface area (Å²) in [5.74, 6) is 3.95. The highest BCUT2D eigenvalue weighted by Crippen LogP contribution is 2.45. The normalized spacial score (nSPS) is 46.1. The Labute approximate surface area is 141 Å². The molecule has 3 saturated carbocycles. The Hall–Kier alpha value is -0.400. The van der Waals surface area contributed by atoms with Gasteiger partial charge in [0.15, 0.2) is 0 Å². The van der Waals surface area contributed by atoms with Crippen molar-refractivity contribution in [2.24, 2.45) is 29.6 Å². The van der Waals surface area contributed by atoms with Gasteiger partial charge >= 0.3 is 0 Å². The van der Waals surface area contributed by atoms with E-state index in [0.717, 1.165) is 36.5 Å². The summed E-state index contributed by atoms with van der Waals surface area (Å²) in [7, 11) is 0. The minimum Gasteiger partial charge on any atom is -0.244 e. The largest absolute Gasteiger partial charge is 0.244 e. The summed E-state index contributed by atoms with van der Waals surface area (Å²) in [5, 5.41) is 0. The summed E-state index contributed by atoms with van der Waals surface area (Å²) < 4.78 is 27.1. The summed E-state index contributed by atoms with van der Waals surface area (Å²) >= 11 is 0. The van der Waals surface area contributed by atoms with Gasteiger partial charge in [0, 0.05) is 0 Å². The number of rotatable bonds is 3. The van der Waals surface area contributed by atoms with Crippen LogP contribution in [0.2, 0.25) is 0 Å². The standard InChI is InChI=1S/C21H34F2/c1-2-15-3-5-16(6-4-15)17-7-9-18(10-8-17)19-11-13-20(22)21(23)14-12-19/h2,15-21H,1,3-14H2. The van der Waals surface area contributed by atoms with E-state index in [1.54, 1.807) is 0 Å². The lowest BCUT2D eigenvalue weighted by molar-refractivity contribution is 0.125. The summed E-state index contributed by atoms with van der Waals surface area (Å²) in [4.78, 5) is 0. The Morgan fingerprint density at radius 1 is 0.522 bits per heavy atom. The predicted octanol–water partition coefficient (Wildman–Crippen LogP) is 6.65. The molecule has 2 heteroatoms. The van der Waals surface area contributed by atoms with Gasteiger partial charge in [-0.3, -0.25) is 0 Å². The summed E-state index contributed by atoms with van der Waals surface area (Å²) in [6.45, 7) is 3.95. The molecule has 0 aromatic carbocycles. The molecule has 23 heavy (non-hydrogen) atoms. The van der Waals surface area contributed by atoms with Gasteiger partial charge < -0.3 is 0 Å². The van der Waals surface area contributed by atoms with Crippen LogP contribution in [0.3, 0.4) is 0 Å². The molecular formula is C21H34F2. The van der Waals surface area contributed by atoms with Gasteiger partial charge in [0.2, 0.25) is 0 Å². The van der Waals surface area contributed by atoms with Crippen LogP contribution in [0, 0.1) is 29.6 Å². The van der Waals surface area contributed by atoms with Crippen LogP contribution in [0.4, 0.5) is 8.78 Å². The van der Waals surface area contributed by atoms with E-state index in [2.05, 4.69) is 12.7 Å². The summed E-state index contributed by atoms with van der Waals surface area (Å²) in [6, 6.07) is 0. The van der Waals surface area contributed by atoms with Crippen molar-refractivity contribution in [2.45, 2.75) is 89.4 Å². The second-order valence-corrected chi connectivity index (χ2v) is 8.53. The van der Waals surface area contributed by atoms with Crippen molar-refractivity contribution < 1.29 is 8.78 Å². The van der Waals surface area contributed by atoms with E-state index in [1.807, 2.05) is 0 Å². The first-order valence-corrected chi connectivity index (χ1v) is 10.1. The molecule has 0 saturated heterocycles. The number of hydrogen-bond acceptors (Lipinski definition) is 0. The van der Waals surface area contributed by atoms with Crippen LogP contribution in [0.25, 0.3) is 0 Å². The maximum absolute atomic E-state index is 13.6. The first-order valence-electron chi connectivity index (χ1n) is 10.1. The van der Waals surface area contributed by atoms with Crippen LogP contribution >= 0.6 is 0 Å². The second-order valence-electron chi connectivity index (χ2n) is 8.53. The smallest absolute Gasteiger partial charge is 0.131 e. The van der Waals surface area contributed by atoms with Gasteiger partial charge in [-0.15, -0.1) is 6.58 Å². The number of allylic oxidation sites excluding steroid dienone is 1. The van der Waals surface area contributed by atoms with Gasteiger partial charge in [0.25, 0.3) is 0 Å². The number of alkyl halides is 2. The molecule has 0 aromatic heterocycles. The lowest BCUT2D eigenvalue weighted by Gasteiger charge is -2.39. The van der Waals surface area contributed by atoms with Crippen LogP contribution in [-0.4, -0.2) is 12.3 Å². The summed E-state index contributed by atoms with van der Waals surface area (Å²) in [5.41, 5.74) is 0. The topological polar surface area (TPSA) is 0 Å². The minimum atomic E-state index is -1.20. The highest BCUT2D eigenvalue weighted by molar-refractivity contribution is 4.89. The molecule has 0 N–H and O–H groups in total. The SMILES string of the molecule is C=CC1CCC(C2CCC(C3CCC(F)C(F)CC3)CC2)CC1. The highest BCUT2D eigenvalue weighted by atomic mass is 19.2. The minimum absolute atomic E-state index is 0.456. The molecule has 0 radical (unpaired) electrons. The molecule has 0 bridgehead atoms. The fraction of sp³-hybridized carbons (Fsp3) is 0.905. The van der Waals surface area contributed by atoms with Crippen LogP contribution in [-0.2, 0) is 0 Å². The second kappa shape index (κ2) is 8.12. The van der Waals surface area contributed by atoms with Gasteiger partial charge in [-0.2, -0.15) is 0 Å². The molecule has 0 heterocycles. The van der Waals surface area contributed by atoms with Crippen molar-refractivity contribution >= 4 is 0 Å². The Bertz CT molecular complexity index is 352. The Morgan fingerprint density at radius 2 is 0.826 bits per heavy atom. The zero-order valence-electron chi connectivity index (χ0n) is 14.6. The molecule has 0 nitrogen and oxygen atoms in total. The van der Waals surface area contributed by atoms with Crippen molar-refractivity contribution in [3.63, 3.8) is 0 Å². The average Bonchev–Trinajstić information content (AvgIpc) is 2.77. The third-order valence-electron chi connectivity index (χ3n) is 7.32. The van der Waals surface area contributed by atoms with Gasteiger partial charge in [-0.25, -0.2) is 8.78 Å². The molecule has 132 valence electrons. The molecule has 0 aliphatic heterocycles. The molecule has 2 unspecified atom stereocenters. The first kappa shape index (κ1) is 17.4. The van der Waals surface area contributed by atoms with Crippen molar-refractivity contribution in [3.05, 3.63) is 12.7 Å². The molecular weight excluding hydrogens is 290 g/mol. The number of halogens is 2. The fourth-order valence-corrected chi connectivity index (χ4v) is 5.66. The number of hydrogen-bond donors (Lipinski definition) is 0. The molecule has 0 spiro atoms. The average molecular weight is 324 g/mol. The molecule has 2 atom stereocenters. The fourth-order valence-electron chi connectivity index (χ4n) is 5.66. The molecule has 0 amide bonds. The van der Waals surface area contributed by atoms with Crippen LogP contribution in [0.5, 0.6) is 0 Å². The molecule has 3 aliphatic carbocycles. The van der Waals surface area contributed by atoms with Gasteiger partial charge in [0.1, 0.15) is 12.3 Å². The van der Waals surface area contributed by atoms with E-state index in [9.17, 15) is 8.78 Å². The third kappa shape index (κ3) is 4.37. The highest BCUT2D eigenvalue weighted by Gasteiger charge is 2.35. The van der Waals surface area contributed by atoms with Crippen molar-refractivity contribution in [1.29, 1.82) is 0 Å². The Kier molecular flexibility index (Phi) is 6.15. The molecule has 3 fully saturated rings. The van der Waals surface area contributed by atoms with Crippen molar-refractivity contribution in [1.82, 2.24) is 0 Å². The lowest BCUT2D eigenvalue weighted by atomic mass is 9.66. The van der Waals surface area contributed by atoms with E-state index in [1.165, 1.54) is 51.4 Å². The van der Waals surface area contributed by atoms with E-state index < -0.39 is 12.3 Å². The molecule has 3 aliphatic rings. The maximum atomic E-state index is 13.6. The summed E-state index contributed by atoms with van der Waals surface area (Å²) in [6.07, 6.45) is 13.3. The van der Waals surface area contributed by atoms with E-state index >= 15 is 0 Å². The molecule has 3 rings (SSSR count). The Balaban J connectivity index is 1.44. The van der Waals surface area contributed by atoms with E-state index in [-0.39, 0.29) is 0 Å². The quantitative estimate of drug-likeness (QED) is 0.402. The lowest BCUT2D eigenvalue weighted by Crippen LogP contribution is -2.28. The van der Waals surface area contributed by atoms with Crippen molar-refractivity contribution in [3.8, 4) is 0 Å². The van der Waals surface area contributed by atoms with Gasteiger partial charge in [0.05, 0.1) is 0 Å². The predicted molar refractivity (Wildman–Crippen MR) is 92.8 cm³/mol. The zero-order valence-corrected chi connectivity index (χ0v) is 14.6. The third-order valence-corrected chi connectivity index (χ3v) is 7.32. The van der Waals surface area contributed by atoms with E-state index in [4.69, 9.17) is 0 Å². The van der Waals surface area contributed by atoms with E-state index in [0.29, 0.717) is 18.8 Å². The van der Waals surface area contributed by atoms with Crippen LogP contribution < -0.4 is 0 Å². The maximum Gasteiger partial charge on any atom is 0.131 e. The molecule has 0 aromatic rings. The Morgan fingerprint density at radius 3 is 1.17 bits per heavy atom. The van der Waals surface area contributed by atoms with Crippen molar-refractivity contribution in [2.75, 3.05) is 0 Å². The van der Waals surface area contributed by atoms with Crippen LogP contribution in [0.15, 0.2) is 12.7 Å². The monoisotopic (exact) mass is 324 g/mol. The van der Waals surface area contributed by atoms with Gasteiger partial charge in [-0.1, -0.05) is 6.08 Å². The van der Waals surface area contributed by atoms with Gasteiger partial charge in [-0.05, 0) is 107 Å². The first-order chi connectivity index (χ1) is 11.2.